The van der Waals surface area contributed by atoms with Gasteiger partial charge in [0.25, 0.3) is 0 Å². The number of unbranched alkanes of at least 4 members (excludes halogenated alkanes) is 43. The molecule has 0 radical (unpaired) electrons. The van der Waals surface area contributed by atoms with Crippen molar-refractivity contribution >= 4 is 39.5 Å². The van der Waals surface area contributed by atoms with Crippen molar-refractivity contribution in [3.05, 3.63) is 60.8 Å². The maximum absolute atomic E-state index is 13.1. The first kappa shape index (κ1) is 98.8. The number of hydrogen-bond acceptors (Lipinski definition) is 15. The number of esters is 4. The van der Waals surface area contributed by atoms with Gasteiger partial charge in [0.1, 0.15) is 19.3 Å². The third kappa shape index (κ3) is 75.0. The highest BCUT2D eigenvalue weighted by Gasteiger charge is 2.30. The van der Waals surface area contributed by atoms with Gasteiger partial charge in [0.2, 0.25) is 0 Å². The summed E-state index contributed by atoms with van der Waals surface area (Å²) in [6.45, 7) is 4.87. The highest BCUT2D eigenvalue weighted by molar-refractivity contribution is 7.47. The molecule has 0 amide bonds. The van der Waals surface area contributed by atoms with Crippen LogP contribution in [0.3, 0.4) is 0 Å². The summed E-state index contributed by atoms with van der Waals surface area (Å²) in [7, 11) is -9.96. The summed E-state index contributed by atoms with van der Waals surface area (Å²) < 4.78 is 68.7. The molecule has 0 aromatic heterocycles. The largest absolute Gasteiger partial charge is 0.472 e. The standard InChI is InChI=1S/C83H152O17P2/c1-5-9-13-17-21-25-29-33-37-38-42-46-50-54-58-62-66-70-83(88)100-79(74-94-81(86)68-64-60-56-52-48-44-40-35-31-27-23-19-15-11-7-3)76-98-102(91,92)96-72-77(84)71-95-101(89,90)97-75-78(99-82(87)69-65-61-57-53-49-45-41-36-32-28-24-20-16-12-8-4)73-93-80(85)67-63-59-55-51-47-43-39-34-30-26-22-18-14-10-6-2/h21,25,33,35,37,40,42,46,54,58,77-79,84H,5-20,22-24,26-32,34,36,38-39,41,43-45,47-53,55-57,59-76H2,1-4H3,(H,89,90)(H,91,92)/b25-21-,37-33-,40-35-,46-42-,58-54-/t77-,78+,79+/m0/s1. The Balaban J connectivity index is 5.37. The minimum Gasteiger partial charge on any atom is -0.462 e. The second-order valence-electron chi connectivity index (χ2n) is 28.1. The zero-order valence-electron chi connectivity index (χ0n) is 65.3. The molecule has 3 N–H and O–H groups in total. The van der Waals surface area contributed by atoms with Crippen LogP contribution in [-0.4, -0.2) is 96.7 Å². The van der Waals surface area contributed by atoms with E-state index in [0.717, 1.165) is 109 Å². The van der Waals surface area contributed by atoms with Crippen molar-refractivity contribution in [2.24, 2.45) is 0 Å². The van der Waals surface area contributed by atoms with Crippen LogP contribution in [-0.2, 0) is 65.4 Å². The van der Waals surface area contributed by atoms with Crippen molar-refractivity contribution in [3.63, 3.8) is 0 Å². The summed E-state index contributed by atoms with van der Waals surface area (Å²) in [6.07, 6.45) is 76.2. The summed E-state index contributed by atoms with van der Waals surface area (Å²) in [6, 6.07) is 0. The lowest BCUT2D eigenvalue weighted by atomic mass is 10.0. The lowest BCUT2D eigenvalue weighted by Crippen LogP contribution is -2.30. The lowest BCUT2D eigenvalue weighted by molar-refractivity contribution is -0.161. The number of hydrogen-bond donors (Lipinski definition) is 3. The second-order valence-corrected chi connectivity index (χ2v) is 31.0. The predicted molar refractivity (Wildman–Crippen MR) is 418 cm³/mol. The summed E-state index contributed by atoms with van der Waals surface area (Å²) >= 11 is 0. The molecule has 5 atom stereocenters. The zero-order chi connectivity index (χ0) is 74.6. The minimum atomic E-state index is -4.99. The summed E-state index contributed by atoms with van der Waals surface area (Å²) in [5, 5.41) is 10.6. The van der Waals surface area contributed by atoms with Crippen LogP contribution in [0, 0.1) is 0 Å². The van der Waals surface area contributed by atoms with E-state index < -0.39 is 97.5 Å². The zero-order valence-corrected chi connectivity index (χ0v) is 67.1. The number of phosphoric ester groups is 2. The Hall–Kier alpha value is -3.24. The number of phosphoric acid groups is 2. The molecule has 0 bridgehead atoms. The van der Waals surface area contributed by atoms with Gasteiger partial charge in [0.15, 0.2) is 12.2 Å². The Kier molecular flexibility index (Phi) is 73.6. The van der Waals surface area contributed by atoms with Crippen molar-refractivity contribution < 1.29 is 80.2 Å². The topological polar surface area (TPSA) is 237 Å². The van der Waals surface area contributed by atoms with Crippen LogP contribution in [0.15, 0.2) is 60.8 Å². The SMILES string of the molecule is CCCCC/C=C\C/C=C\C/C=C\C/C=C\CCCC(=O)O[C@H](COC(=O)CCCCCCC/C=C\CCCCCCCC)COP(=O)(O)OC[C@@H](O)COP(=O)(O)OC[C@@H](COC(=O)CCCCCCCCCCCCCCCCC)OC(=O)CCCCCCCCCCCCCCCCC. The van der Waals surface area contributed by atoms with Gasteiger partial charge in [-0.2, -0.15) is 0 Å². The molecule has 0 aliphatic heterocycles. The van der Waals surface area contributed by atoms with Gasteiger partial charge in [-0.05, 0) is 89.9 Å². The van der Waals surface area contributed by atoms with E-state index in [1.165, 1.54) is 193 Å². The Bertz CT molecular complexity index is 2170. The normalized spacial score (nSPS) is 14.1. The average molecular weight is 1480 g/mol. The first-order valence-corrected chi connectivity index (χ1v) is 44.5. The minimum absolute atomic E-state index is 0.0216. The van der Waals surface area contributed by atoms with Crippen molar-refractivity contribution in [2.75, 3.05) is 39.6 Å². The van der Waals surface area contributed by atoms with Crippen LogP contribution in [0.2, 0.25) is 0 Å². The molecular weight excluding hydrogens is 1330 g/mol. The van der Waals surface area contributed by atoms with Crippen molar-refractivity contribution in [2.45, 2.75) is 406 Å². The lowest BCUT2D eigenvalue weighted by Gasteiger charge is -2.21. The molecule has 0 aromatic carbocycles. The van der Waals surface area contributed by atoms with Crippen LogP contribution in [0.25, 0.3) is 0 Å². The highest BCUT2D eigenvalue weighted by Crippen LogP contribution is 2.45. The maximum Gasteiger partial charge on any atom is 0.472 e. The predicted octanol–water partition coefficient (Wildman–Crippen LogP) is 24.2. The van der Waals surface area contributed by atoms with Crippen molar-refractivity contribution in [1.82, 2.24) is 0 Å². The number of aliphatic hydroxyl groups is 1. The Labute approximate surface area is 622 Å². The Morgan fingerprint density at radius 2 is 0.490 bits per heavy atom. The molecule has 2 unspecified atom stereocenters. The Morgan fingerprint density at radius 3 is 0.804 bits per heavy atom. The van der Waals surface area contributed by atoms with Gasteiger partial charge in [-0.1, -0.05) is 332 Å². The van der Waals surface area contributed by atoms with E-state index >= 15 is 0 Å². The fourth-order valence-electron chi connectivity index (χ4n) is 11.6. The number of aliphatic hydroxyl groups excluding tert-OH is 1. The molecule has 0 fully saturated rings. The molecule has 596 valence electrons. The van der Waals surface area contributed by atoms with Gasteiger partial charge < -0.3 is 33.8 Å². The molecule has 0 aliphatic carbocycles. The summed E-state index contributed by atoms with van der Waals surface area (Å²) in [5.41, 5.74) is 0. The van der Waals surface area contributed by atoms with Crippen molar-refractivity contribution in [1.29, 1.82) is 0 Å². The second kappa shape index (κ2) is 76.0. The smallest absolute Gasteiger partial charge is 0.462 e. The Morgan fingerprint density at radius 1 is 0.275 bits per heavy atom. The third-order valence-corrected chi connectivity index (χ3v) is 19.9. The van der Waals surface area contributed by atoms with Crippen LogP contribution >= 0.6 is 15.6 Å². The van der Waals surface area contributed by atoms with Gasteiger partial charge in [-0.15, -0.1) is 0 Å². The van der Waals surface area contributed by atoms with Gasteiger partial charge in [0.05, 0.1) is 26.4 Å². The van der Waals surface area contributed by atoms with E-state index in [0.29, 0.717) is 32.1 Å². The number of carbonyl (C=O) groups is 4. The van der Waals surface area contributed by atoms with Gasteiger partial charge in [-0.3, -0.25) is 37.3 Å². The van der Waals surface area contributed by atoms with E-state index in [9.17, 15) is 43.2 Å². The molecule has 0 spiro atoms. The molecular formula is C83H152O17P2. The average Bonchev–Trinajstić information content (AvgIpc) is 0.917. The first-order valence-electron chi connectivity index (χ1n) is 41.5. The molecule has 0 saturated carbocycles. The molecule has 0 rings (SSSR count). The fourth-order valence-corrected chi connectivity index (χ4v) is 13.2. The number of carbonyl (C=O) groups excluding carboxylic acids is 4. The molecule has 17 nitrogen and oxygen atoms in total. The van der Waals surface area contributed by atoms with Crippen LogP contribution in [0.5, 0.6) is 0 Å². The molecule has 0 saturated heterocycles. The fraction of sp³-hybridized carbons (Fsp3) is 0.831. The van der Waals surface area contributed by atoms with Crippen molar-refractivity contribution in [3.8, 4) is 0 Å². The van der Waals surface area contributed by atoms with E-state index in [1.807, 2.05) is 12.2 Å². The maximum atomic E-state index is 13.1. The van der Waals surface area contributed by atoms with Crippen LogP contribution < -0.4 is 0 Å². The quantitative estimate of drug-likeness (QED) is 0.0169. The van der Waals surface area contributed by atoms with E-state index in [4.69, 9.17) is 37.0 Å². The third-order valence-electron chi connectivity index (χ3n) is 18.0. The summed E-state index contributed by atoms with van der Waals surface area (Å²) in [4.78, 5) is 73.1. The molecule has 0 heterocycles. The number of allylic oxidation sites excluding steroid dienone is 10. The van der Waals surface area contributed by atoms with Gasteiger partial charge >= 0.3 is 39.5 Å². The van der Waals surface area contributed by atoms with Crippen LogP contribution in [0.4, 0.5) is 0 Å². The molecule has 19 heteroatoms. The molecule has 102 heavy (non-hydrogen) atoms. The highest BCUT2D eigenvalue weighted by atomic mass is 31.2. The number of rotatable bonds is 79. The van der Waals surface area contributed by atoms with Gasteiger partial charge in [-0.25, -0.2) is 9.13 Å². The van der Waals surface area contributed by atoms with E-state index in [-0.39, 0.29) is 25.7 Å². The molecule has 0 aromatic rings. The van der Waals surface area contributed by atoms with E-state index in [2.05, 4.69) is 76.3 Å². The number of ether oxygens (including phenoxy) is 4. The van der Waals surface area contributed by atoms with Gasteiger partial charge in [0, 0.05) is 25.7 Å². The van der Waals surface area contributed by atoms with Crippen LogP contribution in [0.1, 0.15) is 387 Å². The molecule has 0 aliphatic rings. The summed E-state index contributed by atoms with van der Waals surface area (Å²) in [5.74, 6) is -2.21. The monoisotopic (exact) mass is 1480 g/mol. The van der Waals surface area contributed by atoms with E-state index in [1.54, 1.807) is 0 Å². The first-order chi connectivity index (χ1) is 49.7.